The zero-order valence-corrected chi connectivity index (χ0v) is 13.4. The average molecular weight is 325 g/mol. The third-order valence-electron chi connectivity index (χ3n) is 4.43. The van der Waals surface area contributed by atoms with Gasteiger partial charge in [-0.2, -0.15) is 0 Å². The van der Waals surface area contributed by atoms with E-state index < -0.39 is 4.92 Å². The number of nitro benzene ring substituents is 1. The monoisotopic (exact) mass is 325 g/mol. The standard InChI is InChI=1S/C18H19N3O3/c1-19-18(22)17-10-14-4-2-3-5-15(14)12-20(17)11-13-6-8-16(9-7-13)21(23)24/h2-9,17H,10-12H2,1H3,(H,19,22). The minimum absolute atomic E-state index is 0.00795. The number of nitro groups is 1. The summed E-state index contributed by atoms with van der Waals surface area (Å²) >= 11 is 0. The fourth-order valence-electron chi connectivity index (χ4n) is 3.13. The van der Waals surface area contributed by atoms with Crippen molar-refractivity contribution in [2.75, 3.05) is 7.05 Å². The molecule has 24 heavy (non-hydrogen) atoms. The molecule has 0 saturated carbocycles. The highest BCUT2D eigenvalue weighted by Gasteiger charge is 2.30. The van der Waals surface area contributed by atoms with Gasteiger partial charge >= 0.3 is 0 Å². The van der Waals surface area contributed by atoms with E-state index in [4.69, 9.17) is 0 Å². The maximum atomic E-state index is 12.3. The van der Waals surface area contributed by atoms with Crippen LogP contribution in [0.3, 0.4) is 0 Å². The maximum absolute atomic E-state index is 12.3. The molecule has 0 saturated heterocycles. The highest BCUT2D eigenvalue weighted by atomic mass is 16.6. The molecule has 2 aromatic rings. The smallest absolute Gasteiger partial charge is 0.269 e. The molecular formula is C18H19N3O3. The molecule has 0 spiro atoms. The molecule has 1 aliphatic rings. The van der Waals surface area contributed by atoms with E-state index in [1.54, 1.807) is 19.2 Å². The van der Waals surface area contributed by atoms with Crippen molar-refractivity contribution in [2.24, 2.45) is 0 Å². The van der Waals surface area contributed by atoms with Crippen molar-refractivity contribution in [3.8, 4) is 0 Å². The zero-order valence-electron chi connectivity index (χ0n) is 13.4. The zero-order chi connectivity index (χ0) is 17.1. The summed E-state index contributed by atoms with van der Waals surface area (Å²) in [6.45, 7) is 1.26. The highest BCUT2D eigenvalue weighted by molar-refractivity contribution is 5.82. The number of likely N-dealkylation sites (N-methyl/N-ethyl adjacent to an activating group) is 1. The first-order valence-electron chi connectivity index (χ1n) is 7.84. The van der Waals surface area contributed by atoms with E-state index in [1.807, 2.05) is 12.1 Å². The van der Waals surface area contributed by atoms with Crippen molar-refractivity contribution < 1.29 is 9.72 Å². The van der Waals surface area contributed by atoms with Gasteiger partial charge in [-0.15, -0.1) is 0 Å². The molecule has 0 fully saturated rings. The Labute approximate surface area is 140 Å². The summed E-state index contributed by atoms with van der Waals surface area (Å²) in [7, 11) is 1.65. The SMILES string of the molecule is CNC(=O)C1Cc2ccccc2CN1Cc1ccc([N+](=O)[O-])cc1. The maximum Gasteiger partial charge on any atom is 0.269 e. The Morgan fingerprint density at radius 1 is 1.21 bits per heavy atom. The minimum Gasteiger partial charge on any atom is -0.358 e. The second-order valence-corrected chi connectivity index (χ2v) is 5.93. The highest BCUT2D eigenvalue weighted by Crippen LogP contribution is 2.25. The molecule has 0 aromatic heterocycles. The van der Waals surface area contributed by atoms with Crippen molar-refractivity contribution in [3.05, 3.63) is 75.3 Å². The van der Waals surface area contributed by atoms with E-state index in [-0.39, 0.29) is 17.6 Å². The summed E-state index contributed by atoms with van der Waals surface area (Å²) in [5, 5.41) is 13.5. The van der Waals surface area contributed by atoms with Crippen molar-refractivity contribution in [1.82, 2.24) is 10.2 Å². The van der Waals surface area contributed by atoms with Crippen LogP contribution in [-0.4, -0.2) is 28.8 Å². The Morgan fingerprint density at radius 3 is 2.50 bits per heavy atom. The number of amides is 1. The van der Waals surface area contributed by atoms with Gasteiger partial charge in [0, 0.05) is 32.3 Å². The van der Waals surface area contributed by atoms with E-state index >= 15 is 0 Å². The molecule has 0 aliphatic carbocycles. The molecule has 124 valence electrons. The van der Waals surface area contributed by atoms with Gasteiger partial charge in [-0.1, -0.05) is 36.4 Å². The van der Waals surface area contributed by atoms with Crippen LogP contribution in [0.2, 0.25) is 0 Å². The Kier molecular flexibility index (Phi) is 4.57. The first-order valence-corrected chi connectivity index (χ1v) is 7.84. The predicted molar refractivity (Wildman–Crippen MR) is 90.3 cm³/mol. The Morgan fingerprint density at radius 2 is 1.88 bits per heavy atom. The van der Waals surface area contributed by atoms with Gasteiger partial charge in [-0.05, 0) is 23.1 Å². The van der Waals surface area contributed by atoms with Gasteiger partial charge in [0.1, 0.15) is 0 Å². The third kappa shape index (κ3) is 3.28. The third-order valence-corrected chi connectivity index (χ3v) is 4.43. The number of carbonyl (C=O) groups excluding carboxylic acids is 1. The summed E-state index contributed by atoms with van der Waals surface area (Å²) in [5.74, 6) is -0.00795. The molecule has 1 heterocycles. The van der Waals surface area contributed by atoms with Crippen LogP contribution in [0.1, 0.15) is 16.7 Å². The summed E-state index contributed by atoms with van der Waals surface area (Å²) in [5.41, 5.74) is 3.45. The van der Waals surface area contributed by atoms with Gasteiger partial charge in [0.15, 0.2) is 0 Å². The van der Waals surface area contributed by atoms with Crippen molar-refractivity contribution in [3.63, 3.8) is 0 Å². The molecule has 0 bridgehead atoms. The number of nitrogens with zero attached hydrogens (tertiary/aromatic N) is 2. The molecular weight excluding hydrogens is 306 g/mol. The van der Waals surface area contributed by atoms with E-state index in [1.165, 1.54) is 23.3 Å². The number of hydrogen-bond acceptors (Lipinski definition) is 4. The molecule has 2 aromatic carbocycles. The molecule has 1 N–H and O–H groups in total. The van der Waals surface area contributed by atoms with Gasteiger partial charge < -0.3 is 5.32 Å². The minimum atomic E-state index is -0.408. The topological polar surface area (TPSA) is 75.5 Å². The van der Waals surface area contributed by atoms with Crippen LogP contribution in [0, 0.1) is 10.1 Å². The number of rotatable bonds is 4. The van der Waals surface area contributed by atoms with E-state index in [9.17, 15) is 14.9 Å². The first kappa shape index (κ1) is 16.1. The molecule has 1 unspecified atom stereocenters. The Hall–Kier alpha value is -2.73. The quantitative estimate of drug-likeness (QED) is 0.691. The normalized spacial score (nSPS) is 17.1. The summed E-state index contributed by atoms with van der Waals surface area (Å²) in [4.78, 5) is 24.7. The number of carbonyl (C=O) groups is 1. The lowest BCUT2D eigenvalue weighted by molar-refractivity contribution is -0.384. The Bertz CT molecular complexity index is 758. The molecule has 6 nitrogen and oxygen atoms in total. The van der Waals surface area contributed by atoms with Gasteiger partial charge in [0.05, 0.1) is 11.0 Å². The molecule has 1 amide bonds. The summed E-state index contributed by atoms with van der Waals surface area (Å²) in [6.07, 6.45) is 0.669. The lowest BCUT2D eigenvalue weighted by Crippen LogP contribution is -2.49. The molecule has 1 atom stereocenters. The Balaban J connectivity index is 1.83. The molecule has 6 heteroatoms. The van der Waals surface area contributed by atoms with Gasteiger partial charge in [-0.3, -0.25) is 19.8 Å². The van der Waals surface area contributed by atoms with Gasteiger partial charge in [-0.25, -0.2) is 0 Å². The number of nitrogens with one attached hydrogen (secondary N) is 1. The largest absolute Gasteiger partial charge is 0.358 e. The van der Waals surface area contributed by atoms with Crippen LogP contribution in [0.4, 0.5) is 5.69 Å². The molecule has 0 radical (unpaired) electrons. The van der Waals surface area contributed by atoms with Crippen LogP contribution in [0.25, 0.3) is 0 Å². The average Bonchev–Trinajstić information content (AvgIpc) is 2.61. The van der Waals surface area contributed by atoms with Crippen LogP contribution in [0.5, 0.6) is 0 Å². The second-order valence-electron chi connectivity index (χ2n) is 5.93. The second kappa shape index (κ2) is 6.80. The van der Waals surface area contributed by atoms with Gasteiger partial charge in [0.2, 0.25) is 5.91 Å². The number of fused-ring (bicyclic) bond motifs is 1. The van der Waals surface area contributed by atoms with Crippen molar-refractivity contribution in [1.29, 1.82) is 0 Å². The fourth-order valence-corrected chi connectivity index (χ4v) is 3.13. The number of non-ortho nitro benzene ring substituents is 1. The van der Waals surface area contributed by atoms with Crippen LogP contribution < -0.4 is 5.32 Å². The lowest BCUT2D eigenvalue weighted by atomic mass is 9.93. The lowest BCUT2D eigenvalue weighted by Gasteiger charge is -2.35. The molecule has 1 aliphatic heterocycles. The first-order chi connectivity index (χ1) is 11.6. The number of benzene rings is 2. The van der Waals surface area contributed by atoms with E-state index in [0.717, 1.165) is 5.56 Å². The summed E-state index contributed by atoms with van der Waals surface area (Å²) in [6, 6.07) is 14.4. The number of hydrogen-bond donors (Lipinski definition) is 1. The van der Waals surface area contributed by atoms with Crippen LogP contribution in [0.15, 0.2) is 48.5 Å². The van der Waals surface area contributed by atoms with Crippen molar-refractivity contribution in [2.45, 2.75) is 25.6 Å². The predicted octanol–water partition coefficient (Wildman–Crippen LogP) is 2.27. The van der Waals surface area contributed by atoms with Crippen molar-refractivity contribution >= 4 is 11.6 Å². The fraction of sp³-hybridized carbons (Fsp3) is 0.278. The van der Waals surface area contributed by atoms with E-state index in [0.29, 0.717) is 19.5 Å². The van der Waals surface area contributed by atoms with E-state index in [2.05, 4.69) is 22.3 Å². The summed E-state index contributed by atoms with van der Waals surface area (Å²) < 4.78 is 0. The molecule has 3 rings (SSSR count). The van der Waals surface area contributed by atoms with Crippen LogP contribution >= 0.6 is 0 Å². The van der Waals surface area contributed by atoms with Crippen LogP contribution in [-0.2, 0) is 24.3 Å². The van der Waals surface area contributed by atoms with Gasteiger partial charge in [0.25, 0.3) is 5.69 Å².